The molecule has 1 N–H and O–H groups in total. The molecule has 2 heterocycles. The molecule has 1 aromatic heterocycles. The Hall–Kier alpha value is -1.96. The van der Waals surface area contributed by atoms with E-state index >= 15 is 0 Å². The summed E-state index contributed by atoms with van der Waals surface area (Å²) in [5, 5.41) is 1.86. The Labute approximate surface area is 127 Å². The molecule has 6 nitrogen and oxygen atoms in total. The van der Waals surface area contributed by atoms with Crippen molar-refractivity contribution in [2.24, 2.45) is 4.40 Å². The van der Waals surface area contributed by atoms with Crippen molar-refractivity contribution in [1.82, 2.24) is 10.4 Å². The van der Waals surface area contributed by atoms with E-state index in [1.165, 1.54) is 11.1 Å². The third-order valence-electron chi connectivity index (χ3n) is 3.01. The molecular formula is C13H11ClN4O2S. The first-order valence-electron chi connectivity index (χ1n) is 6.06. The van der Waals surface area contributed by atoms with Gasteiger partial charge in [0.1, 0.15) is 4.90 Å². The lowest BCUT2D eigenvalue weighted by Gasteiger charge is -2.30. The molecule has 8 heteroatoms. The normalized spacial score (nSPS) is 16.3. The van der Waals surface area contributed by atoms with E-state index in [9.17, 15) is 8.42 Å². The Balaban J connectivity index is 2.29. The lowest BCUT2D eigenvalue weighted by Crippen LogP contribution is -2.44. The fourth-order valence-corrected chi connectivity index (χ4v) is 3.65. The second-order valence-electron chi connectivity index (χ2n) is 4.28. The number of fused-ring (bicyclic) bond motifs is 1. The minimum atomic E-state index is -3.81. The van der Waals surface area contributed by atoms with Gasteiger partial charge in [-0.3, -0.25) is 9.99 Å². The van der Waals surface area contributed by atoms with Crippen LogP contribution in [0.3, 0.4) is 0 Å². The van der Waals surface area contributed by atoms with E-state index in [-0.39, 0.29) is 10.7 Å². The maximum absolute atomic E-state index is 12.3. The molecule has 1 aliphatic rings. The topological polar surface area (TPSA) is 74.7 Å². The summed E-state index contributed by atoms with van der Waals surface area (Å²) in [7, 11) is -2.15. The highest BCUT2D eigenvalue weighted by Gasteiger charge is 2.32. The smallest absolute Gasteiger partial charge is 0.264 e. The SMILES string of the molecule is CNN1C(c2cccnc2)=NS(=O)(=O)c2cccc(Cl)c21. The molecule has 21 heavy (non-hydrogen) atoms. The molecule has 2 aromatic rings. The van der Waals surface area contributed by atoms with Crippen molar-refractivity contribution in [3.05, 3.63) is 53.3 Å². The van der Waals surface area contributed by atoms with Crippen LogP contribution in [0.15, 0.2) is 52.0 Å². The van der Waals surface area contributed by atoms with Crippen molar-refractivity contribution in [1.29, 1.82) is 0 Å². The molecule has 0 radical (unpaired) electrons. The first kappa shape index (κ1) is 14.0. The number of hydrazine groups is 1. The van der Waals surface area contributed by atoms with E-state index < -0.39 is 10.0 Å². The summed E-state index contributed by atoms with van der Waals surface area (Å²) < 4.78 is 28.6. The van der Waals surface area contributed by atoms with Crippen LogP contribution in [-0.4, -0.2) is 26.3 Å². The van der Waals surface area contributed by atoms with Gasteiger partial charge in [0.05, 0.1) is 10.7 Å². The van der Waals surface area contributed by atoms with Gasteiger partial charge in [0, 0.05) is 25.0 Å². The molecule has 1 aromatic carbocycles. The van der Waals surface area contributed by atoms with Crippen LogP contribution in [0, 0.1) is 0 Å². The van der Waals surface area contributed by atoms with Gasteiger partial charge in [0.15, 0.2) is 5.84 Å². The monoisotopic (exact) mass is 322 g/mol. The zero-order valence-corrected chi connectivity index (χ0v) is 12.6. The lowest BCUT2D eigenvalue weighted by molar-refractivity contribution is 0.596. The summed E-state index contributed by atoms with van der Waals surface area (Å²) in [6, 6.07) is 8.13. The van der Waals surface area contributed by atoms with Gasteiger partial charge in [-0.2, -0.15) is 8.42 Å². The number of para-hydroxylation sites is 1. The van der Waals surface area contributed by atoms with Gasteiger partial charge in [-0.05, 0) is 24.3 Å². The third kappa shape index (κ3) is 2.29. The predicted octanol–water partition coefficient (Wildman–Crippen LogP) is 1.82. The Morgan fingerprint density at radius 3 is 2.71 bits per heavy atom. The molecule has 0 unspecified atom stereocenters. The molecule has 3 rings (SSSR count). The number of rotatable bonds is 2. The highest BCUT2D eigenvalue weighted by atomic mass is 35.5. The average molecular weight is 323 g/mol. The Bertz CT molecular complexity index is 821. The fraction of sp³-hybridized carbons (Fsp3) is 0.0769. The quantitative estimate of drug-likeness (QED) is 0.913. The van der Waals surface area contributed by atoms with Crippen LogP contribution in [0.2, 0.25) is 5.02 Å². The zero-order valence-electron chi connectivity index (χ0n) is 11.0. The average Bonchev–Trinajstić information content (AvgIpc) is 2.48. The van der Waals surface area contributed by atoms with Crippen molar-refractivity contribution in [3.8, 4) is 0 Å². The van der Waals surface area contributed by atoms with Gasteiger partial charge in [-0.1, -0.05) is 17.7 Å². The van der Waals surface area contributed by atoms with E-state index in [4.69, 9.17) is 11.6 Å². The second kappa shape index (κ2) is 5.10. The number of hydrogen-bond donors (Lipinski definition) is 1. The maximum Gasteiger partial charge on any atom is 0.286 e. The predicted molar refractivity (Wildman–Crippen MR) is 81.0 cm³/mol. The van der Waals surface area contributed by atoms with Crippen molar-refractivity contribution in [3.63, 3.8) is 0 Å². The molecule has 0 aliphatic carbocycles. The van der Waals surface area contributed by atoms with Crippen molar-refractivity contribution < 1.29 is 8.42 Å². The highest BCUT2D eigenvalue weighted by molar-refractivity contribution is 7.90. The number of nitrogens with one attached hydrogen (secondary N) is 1. The summed E-state index contributed by atoms with van der Waals surface area (Å²) >= 11 is 6.18. The lowest BCUT2D eigenvalue weighted by atomic mass is 10.2. The third-order valence-corrected chi connectivity index (χ3v) is 4.62. The van der Waals surface area contributed by atoms with Gasteiger partial charge < -0.3 is 0 Å². The highest BCUT2D eigenvalue weighted by Crippen LogP contribution is 2.37. The number of halogens is 1. The molecule has 0 saturated heterocycles. The van der Waals surface area contributed by atoms with Crippen LogP contribution >= 0.6 is 11.6 Å². The molecule has 0 atom stereocenters. The summed E-state index contributed by atoms with van der Waals surface area (Å²) in [4.78, 5) is 4.06. The first-order chi connectivity index (χ1) is 10.0. The van der Waals surface area contributed by atoms with E-state index in [1.807, 2.05) is 0 Å². The van der Waals surface area contributed by atoms with Gasteiger partial charge in [-0.25, -0.2) is 5.43 Å². The number of sulfonamides is 1. The molecule has 0 fully saturated rings. The first-order valence-corrected chi connectivity index (χ1v) is 7.88. The molecule has 0 amide bonds. The number of nitrogens with zero attached hydrogens (tertiary/aromatic N) is 3. The number of anilines is 1. The molecule has 1 aliphatic heterocycles. The van der Waals surface area contributed by atoms with Gasteiger partial charge in [0.25, 0.3) is 10.0 Å². The minimum Gasteiger partial charge on any atom is -0.264 e. The molecule has 0 spiro atoms. The molecular weight excluding hydrogens is 312 g/mol. The van der Waals surface area contributed by atoms with Crippen LogP contribution in [0.1, 0.15) is 5.56 Å². The van der Waals surface area contributed by atoms with Crippen molar-refractivity contribution in [2.75, 3.05) is 12.1 Å². The second-order valence-corrected chi connectivity index (χ2v) is 6.26. The molecule has 0 saturated carbocycles. The minimum absolute atomic E-state index is 0.0667. The number of pyridine rings is 1. The van der Waals surface area contributed by atoms with Gasteiger partial charge >= 0.3 is 0 Å². The van der Waals surface area contributed by atoms with Crippen LogP contribution < -0.4 is 10.4 Å². The standard InChI is InChI=1S/C13H11ClN4O2S/c1-15-18-12-10(14)5-2-6-11(12)21(19,20)17-13(18)9-4-3-7-16-8-9/h2-8,15H,1H3. The summed E-state index contributed by atoms with van der Waals surface area (Å²) in [6.07, 6.45) is 3.15. The number of hydrogen-bond acceptors (Lipinski definition) is 5. The van der Waals surface area contributed by atoms with E-state index in [2.05, 4.69) is 14.8 Å². The van der Waals surface area contributed by atoms with Crippen LogP contribution in [-0.2, 0) is 10.0 Å². The maximum atomic E-state index is 12.3. The number of benzene rings is 1. The Morgan fingerprint density at radius 2 is 2.05 bits per heavy atom. The summed E-state index contributed by atoms with van der Waals surface area (Å²) in [5.74, 6) is 0.228. The Kier molecular flexibility index (Phi) is 3.40. The number of aromatic nitrogens is 1. The number of amidine groups is 1. The van der Waals surface area contributed by atoms with E-state index in [0.717, 1.165) is 0 Å². The van der Waals surface area contributed by atoms with E-state index in [0.29, 0.717) is 16.3 Å². The zero-order chi connectivity index (χ0) is 15.0. The van der Waals surface area contributed by atoms with Gasteiger partial charge in [0.2, 0.25) is 0 Å². The Morgan fingerprint density at radius 1 is 1.24 bits per heavy atom. The fourth-order valence-electron chi connectivity index (χ4n) is 2.12. The van der Waals surface area contributed by atoms with Gasteiger partial charge in [-0.15, -0.1) is 4.40 Å². The van der Waals surface area contributed by atoms with Crippen molar-refractivity contribution >= 4 is 33.1 Å². The van der Waals surface area contributed by atoms with Crippen molar-refractivity contribution in [2.45, 2.75) is 4.90 Å². The van der Waals surface area contributed by atoms with Crippen LogP contribution in [0.5, 0.6) is 0 Å². The van der Waals surface area contributed by atoms with Crippen LogP contribution in [0.25, 0.3) is 0 Å². The summed E-state index contributed by atoms with van der Waals surface area (Å²) in [6.45, 7) is 0. The van der Waals surface area contributed by atoms with E-state index in [1.54, 1.807) is 43.7 Å². The molecule has 108 valence electrons. The molecule has 0 bridgehead atoms. The summed E-state index contributed by atoms with van der Waals surface area (Å²) in [5.41, 5.74) is 3.84. The van der Waals surface area contributed by atoms with Crippen LogP contribution in [0.4, 0.5) is 5.69 Å². The largest absolute Gasteiger partial charge is 0.286 e.